The molecule has 23 heavy (non-hydrogen) atoms. The van der Waals surface area contributed by atoms with Crippen molar-refractivity contribution in [3.05, 3.63) is 0 Å². The molecule has 0 saturated carbocycles. The van der Waals surface area contributed by atoms with Crippen LogP contribution >= 0.6 is 7.75 Å². The van der Waals surface area contributed by atoms with Crippen LogP contribution in [0.15, 0.2) is 0 Å². The molecule has 0 N–H and O–H groups in total. The van der Waals surface area contributed by atoms with Gasteiger partial charge in [-0.1, -0.05) is 6.42 Å². The first-order valence-electron chi connectivity index (χ1n) is 6.76. The lowest BCUT2D eigenvalue weighted by atomic mass is 10.1. The maximum atomic E-state index is 12.9. The molecule has 1 aliphatic heterocycles. The highest BCUT2D eigenvalue weighted by Crippen LogP contribution is 2.56. The van der Waals surface area contributed by atoms with Gasteiger partial charge in [-0.3, -0.25) is 9.05 Å². The highest BCUT2D eigenvalue weighted by atomic mass is 31.2. The molecular weight excluding hydrogens is 358 g/mol. The van der Waals surface area contributed by atoms with Crippen molar-refractivity contribution < 1.29 is 44.3 Å². The summed E-state index contributed by atoms with van der Waals surface area (Å²) in [5.74, 6) is -4.64. The lowest BCUT2D eigenvalue weighted by molar-refractivity contribution is -0.165. The van der Waals surface area contributed by atoms with Crippen LogP contribution in [-0.2, 0) is 13.6 Å². The van der Waals surface area contributed by atoms with Gasteiger partial charge in [-0.25, -0.2) is 18.0 Å². The molecule has 138 valence electrons. The van der Waals surface area contributed by atoms with Crippen LogP contribution in [0, 0.1) is 0 Å². The van der Waals surface area contributed by atoms with Gasteiger partial charge in [0.05, 0.1) is 0 Å². The molecule has 1 heterocycles. The number of hydrogen-bond donors (Lipinski definition) is 0. The van der Waals surface area contributed by atoms with E-state index in [9.17, 15) is 35.3 Å². The zero-order chi connectivity index (χ0) is 17.9. The summed E-state index contributed by atoms with van der Waals surface area (Å²) in [7, 11) is -4.78. The maximum Gasteiger partial charge on any atom is 0.412 e. The number of alkyl halides is 7. The van der Waals surface area contributed by atoms with Crippen LogP contribution in [0.25, 0.3) is 0 Å². The molecule has 0 radical (unpaired) electrons. The zero-order valence-electron chi connectivity index (χ0n) is 12.2. The molecule has 1 rings (SSSR count). The molecule has 0 bridgehead atoms. The van der Waals surface area contributed by atoms with E-state index in [2.05, 4.69) is 9.05 Å². The molecule has 0 aromatic rings. The Morgan fingerprint density at radius 1 is 1.13 bits per heavy atom. The summed E-state index contributed by atoms with van der Waals surface area (Å²) < 4.78 is 109. The predicted molar refractivity (Wildman–Crippen MR) is 66.5 cm³/mol. The highest BCUT2D eigenvalue weighted by molar-refractivity contribution is 7.51. The number of nitrogens with zero attached hydrogens (tertiary/aromatic N) is 1. The van der Waals surface area contributed by atoms with Crippen LogP contribution in [-0.4, -0.2) is 49.0 Å². The van der Waals surface area contributed by atoms with Gasteiger partial charge in [0.1, 0.15) is 6.61 Å². The first-order valence-corrected chi connectivity index (χ1v) is 8.26. The Kier molecular flexibility index (Phi) is 6.89. The fourth-order valence-electron chi connectivity index (χ4n) is 2.02. The molecule has 0 aromatic carbocycles. The van der Waals surface area contributed by atoms with Crippen molar-refractivity contribution in [3.8, 4) is 0 Å². The molecule has 0 aromatic heterocycles. The Morgan fingerprint density at radius 2 is 1.70 bits per heavy atom. The van der Waals surface area contributed by atoms with Crippen molar-refractivity contribution in [1.29, 1.82) is 0 Å². The van der Waals surface area contributed by atoms with Gasteiger partial charge >= 0.3 is 26.3 Å². The lowest BCUT2D eigenvalue weighted by Crippen LogP contribution is -2.39. The summed E-state index contributed by atoms with van der Waals surface area (Å²) in [4.78, 5) is 0. The van der Waals surface area contributed by atoms with Crippen molar-refractivity contribution in [2.75, 3.05) is 19.8 Å². The van der Waals surface area contributed by atoms with Crippen molar-refractivity contribution in [2.45, 2.75) is 50.8 Å². The van der Waals surface area contributed by atoms with E-state index in [0.29, 0.717) is 19.3 Å². The van der Waals surface area contributed by atoms with E-state index in [1.54, 1.807) is 0 Å². The van der Waals surface area contributed by atoms with Crippen molar-refractivity contribution in [3.63, 3.8) is 0 Å². The summed E-state index contributed by atoms with van der Waals surface area (Å²) in [5, 5.41) is 0. The van der Waals surface area contributed by atoms with Crippen LogP contribution in [0.3, 0.4) is 0 Å². The van der Waals surface area contributed by atoms with E-state index in [-0.39, 0.29) is 6.54 Å². The molecule has 0 spiro atoms. The fourth-order valence-corrected chi connectivity index (χ4v) is 4.02. The highest BCUT2D eigenvalue weighted by Gasteiger charge is 2.47. The topological polar surface area (TPSA) is 38.8 Å². The lowest BCUT2D eigenvalue weighted by Gasteiger charge is -2.37. The predicted octanol–water partition coefficient (Wildman–Crippen LogP) is 4.46. The second kappa shape index (κ2) is 7.67. The van der Waals surface area contributed by atoms with Gasteiger partial charge in [0.2, 0.25) is 0 Å². The summed E-state index contributed by atoms with van der Waals surface area (Å²) in [5.41, 5.74) is 0. The summed E-state index contributed by atoms with van der Waals surface area (Å²) in [6.45, 7) is -2.48. The van der Waals surface area contributed by atoms with Gasteiger partial charge in [0.25, 0.3) is 0 Å². The normalized spacial score (nSPS) is 24.0. The minimum Gasteiger partial charge on any atom is -0.290 e. The standard InChI is InChI=1S/C11H17F7NO3P/c1-8-4-2-3-5-19(8)23(20,22-7-11(16,17)18)21-6-10(14,15)9(12)13/h8-9H,2-7H2,1H3. The van der Waals surface area contributed by atoms with Crippen LogP contribution in [0.2, 0.25) is 0 Å². The molecule has 1 aliphatic rings. The fraction of sp³-hybridized carbons (Fsp3) is 1.00. The van der Waals surface area contributed by atoms with Gasteiger partial charge < -0.3 is 0 Å². The Balaban J connectivity index is 2.89. The molecule has 2 unspecified atom stereocenters. The Bertz CT molecular complexity index is 432. The van der Waals surface area contributed by atoms with Crippen molar-refractivity contribution >= 4 is 7.75 Å². The van der Waals surface area contributed by atoms with Crippen LogP contribution in [0.5, 0.6) is 0 Å². The Hall–Kier alpha value is -0.380. The number of rotatable bonds is 7. The van der Waals surface area contributed by atoms with E-state index in [1.807, 2.05) is 0 Å². The molecule has 1 saturated heterocycles. The molecular formula is C11H17F7NO3P. The van der Waals surface area contributed by atoms with Crippen LogP contribution in [0.1, 0.15) is 26.2 Å². The molecule has 0 amide bonds. The van der Waals surface area contributed by atoms with E-state index in [1.165, 1.54) is 6.92 Å². The third-order valence-electron chi connectivity index (χ3n) is 3.21. The zero-order valence-corrected chi connectivity index (χ0v) is 13.1. The Labute approximate surface area is 128 Å². The average Bonchev–Trinajstić information content (AvgIpc) is 2.43. The average molecular weight is 375 g/mol. The third-order valence-corrected chi connectivity index (χ3v) is 5.35. The second-order valence-electron chi connectivity index (χ2n) is 5.20. The summed E-state index contributed by atoms with van der Waals surface area (Å²) in [6, 6.07) is -0.553. The molecule has 12 heteroatoms. The first kappa shape index (κ1) is 20.7. The van der Waals surface area contributed by atoms with Crippen molar-refractivity contribution in [1.82, 2.24) is 4.67 Å². The smallest absolute Gasteiger partial charge is 0.290 e. The molecule has 0 aliphatic carbocycles. The van der Waals surface area contributed by atoms with Gasteiger partial charge in [-0.15, -0.1) is 0 Å². The first-order chi connectivity index (χ1) is 10.4. The minimum atomic E-state index is -4.87. The summed E-state index contributed by atoms with van der Waals surface area (Å²) >= 11 is 0. The summed E-state index contributed by atoms with van der Waals surface area (Å²) in [6.07, 6.45) is -7.39. The van der Waals surface area contributed by atoms with E-state index < -0.39 is 45.5 Å². The van der Waals surface area contributed by atoms with Crippen molar-refractivity contribution in [2.24, 2.45) is 0 Å². The van der Waals surface area contributed by atoms with Gasteiger partial charge in [-0.05, 0) is 19.8 Å². The van der Waals surface area contributed by atoms with Gasteiger partial charge in [0, 0.05) is 12.6 Å². The van der Waals surface area contributed by atoms with E-state index in [0.717, 1.165) is 4.67 Å². The van der Waals surface area contributed by atoms with Crippen LogP contribution in [0.4, 0.5) is 30.7 Å². The van der Waals surface area contributed by atoms with E-state index in [4.69, 9.17) is 0 Å². The van der Waals surface area contributed by atoms with Gasteiger partial charge in [-0.2, -0.15) is 22.0 Å². The monoisotopic (exact) mass is 375 g/mol. The Morgan fingerprint density at radius 3 is 2.17 bits per heavy atom. The molecule has 4 nitrogen and oxygen atoms in total. The van der Waals surface area contributed by atoms with Gasteiger partial charge in [0.15, 0.2) is 6.61 Å². The second-order valence-corrected chi connectivity index (χ2v) is 7.17. The number of piperidine rings is 1. The largest absolute Gasteiger partial charge is 0.412 e. The maximum absolute atomic E-state index is 12.9. The SMILES string of the molecule is CC1CCCCN1P(=O)(OCC(F)(F)F)OCC(F)(F)C(F)F. The van der Waals surface area contributed by atoms with E-state index >= 15 is 0 Å². The number of hydrogen-bond acceptors (Lipinski definition) is 3. The minimum absolute atomic E-state index is 0.00342. The number of halogens is 7. The quantitative estimate of drug-likeness (QED) is 0.486. The van der Waals surface area contributed by atoms with Crippen LogP contribution < -0.4 is 0 Å². The molecule has 2 atom stereocenters. The third kappa shape index (κ3) is 6.21. The molecule has 1 fully saturated rings.